The topological polar surface area (TPSA) is 35.2 Å². The molecule has 1 aromatic carbocycles. The van der Waals surface area contributed by atoms with Crippen molar-refractivity contribution in [3.05, 3.63) is 29.8 Å². The molecule has 0 unspecified atom stereocenters. The Kier molecular flexibility index (Phi) is 5.58. The highest BCUT2D eigenvalue weighted by molar-refractivity contribution is 5.85. The number of para-hydroxylation sites is 1. The van der Waals surface area contributed by atoms with Crippen LogP contribution in [0, 0.1) is 5.92 Å². The van der Waals surface area contributed by atoms with Crippen molar-refractivity contribution in [3.8, 4) is 5.75 Å². The average molecular weight is 216 g/mol. The lowest BCUT2D eigenvalue weighted by Gasteiger charge is -2.18. The monoisotopic (exact) mass is 215 g/mol. The minimum Gasteiger partial charge on any atom is -0.496 e. The fraction of sp³-hybridized carbons (Fsp3) is 0.455. The average Bonchev–Trinajstić information content (AvgIpc) is 2.16. The van der Waals surface area contributed by atoms with Crippen LogP contribution in [0.4, 0.5) is 0 Å². The van der Waals surface area contributed by atoms with Crippen molar-refractivity contribution in [1.29, 1.82) is 0 Å². The lowest BCUT2D eigenvalue weighted by Crippen LogP contribution is -2.17. The Hall–Kier alpha value is -0.730. The molecule has 0 aromatic heterocycles. The summed E-state index contributed by atoms with van der Waals surface area (Å²) in [5.41, 5.74) is 7.12. The van der Waals surface area contributed by atoms with Gasteiger partial charge in [0.05, 0.1) is 7.11 Å². The molecule has 0 radical (unpaired) electrons. The SMILES string of the molecule is COc1ccccc1[C@H](N)C(C)C.Cl. The van der Waals surface area contributed by atoms with Crippen molar-refractivity contribution >= 4 is 12.4 Å². The highest BCUT2D eigenvalue weighted by Crippen LogP contribution is 2.27. The number of hydrogen-bond acceptors (Lipinski definition) is 2. The van der Waals surface area contributed by atoms with Crippen molar-refractivity contribution in [2.24, 2.45) is 11.7 Å². The van der Waals surface area contributed by atoms with Crippen LogP contribution in [-0.2, 0) is 0 Å². The third-order valence-corrected chi connectivity index (χ3v) is 2.22. The van der Waals surface area contributed by atoms with Gasteiger partial charge in [-0.15, -0.1) is 12.4 Å². The normalized spacial score (nSPS) is 12.1. The van der Waals surface area contributed by atoms with Gasteiger partial charge in [-0.2, -0.15) is 0 Å². The van der Waals surface area contributed by atoms with E-state index in [2.05, 4.69) is 13.8 Å². The minimum absolute atomic E-state index is 0. The van der Waals surface area contributed by atoms with Crippen molar-refractivity contribution in [2.45, 2.75) is 19.9 Å². The first-order valence-corrected chi connectivity index (χ1v) is 4.55. The molecule has 0 heterocycles. The van der Waals surface area contributed by atoms with Crippen LogP contribution in [0.15, 0.2) is 24.3 Å². The number of rotatable bonds is 3. The summed E-state index contributed by atoms with van der Waals surface area (Å²) in [4.78, 5) is 0. The molecule has 80 valence electrons. The molecule has 1 aromatic rings. The fourth-order valence-electron chi connectivity index (χ4n) is 1.30. The van der Waals surface area contributed by atoms with Crippen LogP contribution < -0.4 is 10.5 Å². The predicted octanol–water partition coefficient (Wildman–Crippen LogP) is 2.77. The van der Waals surface area contributed by atoms with E-state index in [9.17, 15) is 0 Å². The molecular weight excluding hydrogens is 198 g/mol. The van der Waals surface area contributed by atoms with Crippen LogP contribution in [0.25, 0.3) is 0 Å². The van der Waals surface area contributed by atoms with E-state index in [4.69, 9.17) is 10.5 Å². The van der Waals surface area contributed by atoms with Gasteiger partial charge < -0.3 is 10.5 Å². The van der Waals surface area contributed by atoms with E-state index >= 15 is 0 Å². The Morgan fingerprint density at radius 3 is 2.29 bits per heavy atom. The number of halogens is 1. The molecule has 0 saturated heterocycles. The number of hydrogen-bond donors (Lipinski definition) is 1. The van der Waals surface area contributed by atoms with Crippen LogP contribution in [0.1, 0.15) is 25.5 Å². The largest absolute Gasteiger partial charge is 0.496 e. The molecule has 0 spiro atoms. The third kappa shape index (κ3) is 2.89. The number of nitrogens with two attached hydrogens (primary N) is 1. The Bertz CT molecular complexity index is 276. The van der Waals surface area contributed by atoms with Gasteiger partial charge in [0.15, 0.2) is 0 Å². The van der Waals surface area contributed by atoms with E-state index < -0.39 is 0 Å². The Balaban J connectivity index is 0.00000169. The van der Waals surface area contributed by atoms with Gasteiger partial charge in [0.1, 0.15) is 5.75 Å². The molecule has 0 aliphatic rings. The van der Waals surface area contributed by atoms with E-state index in [1.165, 1.54) is 0 Å². The molecule has 2 nitrogen and oxygen atoms in total. The van der Waals surface area contributed by atoms with E-state index in [0.29, 0.717) is 5.92 Å². The molecule has 1 rings (SSSR count). The zero-order chi connectivity index (χ0) is 9.84. The van der Waals surface area contributed by atoms with Gasteiger partial charge >= 0.3 is 0 Å². The molecule has 3 heteroatoms. The molecule has 0 saturated carbocycles. The van der Waals surface area contributed by atoms with Gasteiger partial charge in [0, 0.05) is 11.6 Å². The van der Waals surface area contributed by atoms with E-state index in [1.807, 2.05) is 24.3 Å². The first-order valence-electron chi connectivity index (χ1n) is 4.55. The first kappa shape index (κ1) is 13.3. The zero-order valence-electron chi connectivity index (χ0n) is 8.86. The molecular formula is C11H18ClNO. The van der Waals surface area contributed by atoms with Crippen molar-refractivity contribution in [2.75, 3.05) is 7.11 Å². The zero-order valence-corrected chi connectivity index (χ0v) is 9.67. The maximum absolute atomic E-state index is 6.03. The summed E-state index contributed by atoms with van der Waals surface area (Å²) in [7, 11) is 1.67. The summed E-state index contributed by atoms with van der Waals surface area (Å²) in [5.74, 6) is 1.31. The summed E-state index contributed by atoms with van der Waals surface area (Å²) in [6.45, 7) is 4.22. The molecule has 0 aliphatic heterocycles. The Morgan fingerprint density at radius 1 is 1.21 bits per heavy atom. The smallest absolute Gasteiger partial charge is 0.123 e. The second-order valence-electron chi connectivity index (χ2n) is 3.51. The summed E-state index contributed by atoms with van der Waals surface area (Å²) >= 11 is 0. The Labute approximate surface area is 91.9 Å². The van der Waals surface area contributed by atoms with Gasteiger partial charge in [-0.3, -0.25) is 0 Å². The number of methoxy groups -OCH3 is 1. The second-order valence-corrected chi connectivity index (χ2v) is 3.51. The van der Waals surface area contributed by atoms with Crippen molar-refractivity contribution in [1.82, 2.24) is 0 Å². The second kappa shape index (κ2) is 5.89. The summed E-state index contributed by atoms with van der Waals surface area (Å²) in [5, 5.41) is 0. The van der Waals surface area contributed by atoms with Crippen LogP contribution in [-0.4, -0.2) is 7.11 Å². The molecule has 1 atom stereocenters. The highest BCUT2D eigenvalue weighted by atomic mass is 35.5. The van der Waals surface area contributed by atoms with Gasteiger partial charge in [-0.1, -0.05) is 32.0 Å². The summed E-state index contributed by atoms with van der Waals surface area (Å²) < 4.78 is 5.24. The standard InChI is InChI=1S/C11H17NO.ClH/c1-8(2)11(12)9-6-4-5-7-10(9)13-3;/h4-8,11H,12H2,1-3H3;1H/t11-;/m1./s1. The van der Waals surface area contributed by atoms with E-state index in [-0.39, 0.29) is 18.4 Å². The molecule has 2 N–H and O–H groups in total. The fourth-order valence-corrected chi connectivity index (χ4v) is 1.30. The first-order chi connectivity index (χ1) is 6.16. The molecule has 0 fully saturated rings. The summed E-state index contributed by atoms with van der Waals surface area (Å²) in [6, 6.07) is 7.95. The lowest BCUT2D eigenvalue weighted by atomic mass is 9.96. The van der Waals surface area contributed by atoms with Crippen LogP contribution in [0.3, 0.4) is 0 Å². The van der Waals surface area contributed by atoms with Crippen molar-refractivity contribution in [3.63, 3.8) is 0 Å². The quantitative estimate of drug-likeness (QED) is 0.842. The maximum atomic E-state index is 6.03. The van der Waals surface area contributed by atoms with Gasteiger partial charge in [-0.05, 0) is 12.0 Å². The van der Waals surface area contributed by atoms with Crippen molar-refractivity contribution < 1.29 is 4.74 Å². The number of ether oxygens (including phenoxy) is 1. The van der Waals surface area contributed by atoms with Crippen LogP contribution in [0.2, 0.25) is 0 Å². The number of benzene rings is 1. The lowest BCUT2D eigenvalue weighted by molar-refractivity contribution is 0.396. The van der Waals surface area contributed by atoms with Gasteiger partial charge in [0.2, 0.25) is 0 Å². The maximum Gasteiger partial charge on any atom is 0.123 e. The highest BCUT2D eigenvalue weighted by Gasteiger charge is 2.13. The molecule has 14 heavy (non-hydrogen) atoms. The van der Waals surface area contributed by atoms with E-state index in [0.717, 1.165) is 11.3 Å². The molecule has 0 aliphatic carbocycles. The van der Waals surface area contributed by atoms with E-state index in [1.54, 1.807) is 7.11 Å². The minimum atomic E-state index is 0. The Morgan fingerprint density at radius 2 is 1.79 bits per heavy atom. The molecule has 0 bridgehead atoms. The van der Waals surface area contributed by atoms with Gasteiger partial charge in [0.25, 0.3) is 0 Å². The summed E-state index contributed by atoms with van der Waals surface area (Å²) in [6.07, 6.45) is 0. The third-order valence-electron chi connectivity index (χ3n) is 2.22. The van der Waals surface area contributed by atoms with Crippen LogP contribution >= 0.6 is 12.4 Å². The van der Waals surface area contributed by atoms with Crippen LogP contribution in [0.5, 0.6) is 5.75 Å². The molecule has 0 amide bonds. The van der Waals surface area contributed by atoms with Gasteiger partial charge in [-0.25, -0.2) is 0 Å². The predicted molar refractivity (Wildman–Crippen MR) is 62.0 cm³/mol.